The number of hydrogen-bond donors (Lipinski definition) is 2. The Bertz CT molecular complexity index is 259. The van der Waals surface area contributed by atoms with Crippen LogP contribution in [0, 0.1) is 0 Å². The van der Waals surface area contributed by atoms with Gasteiger partial charge in [0.2, 0.25) is 0 Å². The van der Waals surface area contributed by atoms with Gasteiger partial charge in [-0.05, 0) is 0 Å². The lowest BCUT2D eigenvalue weighted by Crippen LogP contribution is -2.22. The van der Waals surface area contributed by atoms with Crippen molar-refractivity contribution < 1.29 is 19.1 Å². The molecule has 0 N–H and O–H groups in total. The van der Waals surface area contributed by atoms with E-state index >= 15 is 0 Å². The number of rotatable bonds is 7. The maximum Gasteiger partial charge on any atom is 0.307 e. The number of carbonyl (C=O) groups is 2. The minimum atomic E-state index is -0.399. The molecule has 0 atom stereocenters. The van der Waals surface area contributed by atoms with Crippen molar-refractivity contribution in [2.75, 3.05) is 13.2 Å². The van der Waals surface area contributed by atoms with Gasteiger partial charge in [0.1, 0.15) is 13.2 Å². The van der Waals surface area contributed by atoms with Crippen molar-refractivity contribution in [3.05, 3.63) is 0 Å². The van der Waals surface area contributed by atoms with Gasteiger partial charge in [-0.25, -0.2) is 0 Å². The fraction of sp³-hybridized carbons (Fsp3) is 0.833. The fourth-order valence-electron chi connectivity index (χ4n) is 1.12. The zero-order valence-corrected chi connectivity index (χ0v) is 13.1. The van der Waals surface area contributed by atoms with Crippen LogP contribution in [0.3, 0.4) is 0 Å². The monoisotopic (exact) mass is 294 g/mol. The van der Waals surface area contributed by atoms with Gasteiger partial charge in [0.15, 0.2) is 0 Å². The van der Waals surface area contributed by atoms with Crippen molar-refractivity contribution in [3.8, 4) is 0 Å². The SMILES string of the molecule is CC(C)(S)CC(=O)OCCOC(=O)CC(C)(C)S. The van der Waals surface area contributed by atoms with Crippen LogP contribution < -0.4 is 0 Å². The molecule has 0 amide bonds. The van der Waals surface area contributed by atoms with Crippen LogP contribution in [-0.2, 0) is 19.1 Å². The number of hydrogen-bond acceptors (Lipinski definition) is 6. The standard InChI is InChI=1S/C12H22O4S2/c1-11(2,17)7-9(13)15-5-6-16-10(14)8-12(3,4)18/h17-18H,5-8H2,1-4H3. The van der Waals surface area contributed by atoms with E-state index in [1.165, 1.54) is 0 Å². The Kier molecular flexibility index (Phi) is 7.14. The third-order valence-electron chi connectivity index (χ3n) is 1.76. The summed E-state index contributed by atoms with van der Waals surface area (Å²) < 4.78 is 9.03. The van der Waals surface area contributed by atoms with Crippen LogP contribution >= 0.6 is 25.3 Å². The van der Waals surface area contributed by atoms with Crippen molar-refractivity contribution in [3.63, 3.8) is 0 Å². The van der Waals surface area contributed by atoms with Gasteiger partial charge in [-0.15, -0.1) is 0 Å². The summed E-state index contributed by atoms with van der Waals surface area (Å²) in [5.74, 6) is -0.693. The lowest BCUT2D eigenvalue weighted by atomic mass is 10.1. The first-order valence-corrected chi connectivity index (χ1v) is 6.65. The highest BCUT2D eigenvalue weighted by molar-refractivity contribution is 7.82. The van der Waals surface area contributed by atoms with Crippen molar-refractivity contribution in [2.24, 2.45) is 0 Å². The molecule has 0 aliphatic rings. The molecule has 4 nitrogen and oxygen atoms in total. The normalized spacial score (nSPS) is 12.1. The second kappa shape index (κ2) is 7.28. The predicted molar refractivity (Wildman–Crippen MR) is 77.3 cm³/mol. The highest BCUT2D eigenvalue weighted by Gasteiger charge is 2.19. The number of ether oxygens (including phenoxy) is 2. The first-order valence-electron chi connectivity index (χ1n) is 5.76. The Morgan fingerprint density at radius 2 is 1.11 bits per heavy atom. The van der Waals surface area contributed by atoms with Gasteiger partial charge in [0.05, 0.1) is 12.8 Å². The molecule has 0 aromatic rings. The van der Waals surface area contributed by atoms with Gasteiger partial charge in [0, 0.05) is 9.49 Å². The minimum absolute atomic E-state index is 0.0709. The van der Waals surface area contributed by atoms with E-state index in [1.54, 1.807) is 0 Å². The summed E-state index contributed by atoms with van der Waals surface area (Å²) in [4.78, 5) is 22.6. The molecule has 0 rings (SSSR count). The van der Waals surface area contributed by atoms with Gasteiger partial charge in [-0.2, -0.15) is 25.3 Å². The zero-order chi connectivity index (χ0) is 14.4. The van der Waals surface area contributed by atoms with Crippen LogP contribution in [0.15, 0.2) is 0 Å². The van der Waals surface area contributed by atoms with Gasteiger partial charge in [-0.1, -0.05) is 27.7 Å². The van der Waals surface area contributed by atoms with E-state index in [-0.39, 0.29) is 38.0 Å². The highest BCUT2D eigenvalue weighted by atomic mass is 32.1. The maximum absolute atomic E-state index is 11.3. The van der Waals surface area contributed by atoms with Crippen molar-refractivity contribution in [1.29, 1.82) is 0 Å². The molecule has 6 heteroatoms. The first-order chi connectivity index (χ1) is 7.99. The van der Waals surface area contributed by atoms with E-state index in [2.05, 4.69) is 25.3 Å². The molecule has 0 spiro atoms. The van der Waals surface area contributed by atoms with Gasteiger partial charge in [-0.3, -0.25) is 9.59 Å². The van der Waals surface area contributed by atoms with Crippen LogP contribution in [0.1, 0.15) is 40.5 Å². The summed E-state index contributed by atoms with van der Waals surface area (Å²) in [6.07, 6.45) is 0.432. The average Bonchev–Trinajstić information content (AvgIpc) is 2.06. The predicted octanol–water partition coefficient (Wildman–Crippen LogP) is 2.27. The van der Waals surface area contributed by atoms with Crippen LogP contribution in [-0.4, -0.2) is 34.6 Å². The number of esters is 2. The molecule has 0 radical (unpaired) electrons. The number of carbonyl (C=O) groups excluding carboxylic acids is 2. The summed E-state index contributed by atoms with van der Waals surface area (Å²) in [7, 11) is 0. The average molecular weight is 294 g/mol. The van der Waals surface area contributed by atoms with Gasteiger partial charge in [0.25, 0.3) is 0 Å². The van der Waals surface area contributed by atoms with E-state index in [0.717, 1.165) is 0 Å². The second-order valence-electron chi connectivity index (χ2n) is 5.42. The third-order valence-corrected chi connectivity index (χ3v) is 2.08. The highest BCUT2D eigenvalue weighted by Crippen LogP contribution is 2.18. The fourth-order valence-corrected chi connectivity index (χ4v) is 1.38. The van der Waals surface area contributed by atoms with Crippen molar-refractivity contribution >= 4 is 37.2 Å². The van der Waals surface area contributed by atoms with E-state index in [9.17, 15) is 9.59 Å². The van der Waals surface area contributed by atoms with Gasteiger partial charge < -0.3 is 9.47 Å². The largest absolute Gasteiger partial charge is 0.462 e. The molecule has 0 fully saturated rings. The summed E-state index contributed by atoms with van der Waals surface area (Å²) in [5, 5.41) is 0. The lowest BCUT2D eigenvalue weighted by Gasteiger charge is -2.17. The maximum atomic E-state index is 11.3. The molecule has 0 unspecified atom stereocenters. The molecule has 0 aromatic carbocycles. The summed E-state index contributed by atoms with van der Waals surface area (Å²) in [6, 6.07) is 0. The lowest BCUT2D eigenvalue weighted by molar-refractivity contribution is -0.152. The molecule has 0 aromatic heterocycles. The number of thiol groups is 2. The third kappa shape index (κ3) is 12.1. The Balaban J connectivity index is 3.69. The van der Waals surface area contributed by atoms with Crippen molar-refractivity contribution in [2.45, 2.75) is 50.0 Å². The van der Waals surface area contributed by atoms with E-state index < -0.39 is 9.49 Å². The first kappa shape index (κ1) is 17.6. The summed E-state index contributed by atoms with van der Waals surface area (Å²) >= 11 is 8.45. The van der Waals surface area contributed by atoms with Crippen LogP contribution in [0.25, 0.3) is 0 Å². The molecular weight excluding hydrogens is 272 g/mol. The topological polar surface area (TPSA) is 52.6 Å². The molecule has 0 saturated heterocycles. The van der Waals surface area contributed by atoms with E-state index in [0.29, 0.717) is 0 Å². The summed E-state index contributed by atoms with van der Waals surface area (Å²) in [5.41, 5.74) is 0. The molecule has 0 bridgehead atoms. The second-order valence-corrected chi connectivity index (χ2v) is 7.84. The molecular formula is C12H22O4S2. The molecule has 0 aliphatic carbocycles. The smallest absolute Gasteiger partial charge is 0.307 e. The van der Waals surface area contributed by atoms with E-state index in [4.69, 9.17) is 9.47 Å². The Labute approximate surface area is 120 Å². The minimum Gasteiger partial charge on any atom is -0.462 e. The molecule has 0 saturated carbocycles. The Hall–Kier alpha value is -0.360. The molecule has 0 heterocycles. The van der Waals surface area contributed by atoms with Crippen LogP contribution in [0.2, 0.25) is 0 Å². The van der Waals surface area contributed by atoms with Gasteiger partial charge >= 0.3 is 11.9 Å². The molecule has 18 heavy (non-hydrogen) atoms. The zero-order valence-electron chi connectivity index (χ0n) is 11.4. The summed E-state index contributed by atoms with van der Waals surface area (Å²) in [6.45, 7) is 7.44. The van der Waals surface area contributed by atoms with Crippen molar-refractivity contribution in [1.82, 2.24) is 0 Å². The molecule has 106 valence electrons. The quantitative estimate of drug-likeness (QED) is 0.430. The van der Waals surface area contributed by atoms with Crippen LogP contribution in [0.4, 0.5) is 0 Å². The Morgan fingerprint density at radius 3 is 1.33 bits per heavy atom. The Morgan fingerprint density at radius 1 is 0.833 bits per heavy atom. The molecule has 0 aliphatic heterocycles. The van der Waals surface area contributed by atoms with Crippen LogP contribution in [0.5, 0.6) is 0 Å². The van der Waals surface area contributed by atoms with E-state index in [1.807, 2.05) is 27.7 Å².